The average Bonchev–Trinajstić information content (AvgIpc) is 3.39. The lowest BCUT2D eigenvalue weighted by Gasteiger charge is -2.17. The third-order valence-electron chi connectivity index (χ3n) is 6.75. The van der Waals surface area contributed by atoms with E-state index in [-0.39, 0.29) is 29.7 Å². The Morgan fingerprint density at radius 1 is 1.18 bits per heavy atom. The van der Waals surface area contributed by atoms with E-state index in [4.69, 9.17) is 22.7 Å². The van der Waals surface area contributed by atoms with Crippen molar-refractivity contribution >= 4 is 58.5 Å². The molecule has 2 amide bonds. The molecular formula is C27H28ClN9O2. The monoisotopic (exact) mass is 545 g/mol. The van der Waals surface area contributed by atoms with Crippen LogP contribution in [0.1, 0.15) is 24.0 Å². The normalized spacial score (nSPS) is 16.6. The standard InChI is InChI=1S/C27H28ClN9O2/c28-22-14-32-27-34-21-7-16(12-31-13-21)1-2-18-9-20(33-25(22)36-27)3-4-23(18)35-24(38)8-17-5-6-37(15-17)26(39)19(10-29)11-30/h3-4,7,9-14,17,29H,1-2,5-6,8,15,30H2,(H,35,38)(H2,32,33,34,36)/b19-11+,29-10?/t17-/m0/s1. The van der Waals surface area contributed by atoms with Crippen molar-refractivity contribution in [3.8, 4) is 0 Å². The highest BCUT2D eigenvalue weighted by atomic mass is 35.5. The minimum absolute atomic E-state index is 0.0279. The van der Waals surface area contributed by atoms with Crippen molar-refractivity contribution < 1.29 is 9.59 Å². The number of hydrogen-bond acceptors (Lipinski definition) is 9. The number of aromatic nitrogens is 3. The first-order valence-corrected chi connectivity index (χ1v) is 12.9. The summed E-state index contributed by atoms with van der Waals surface area (Å²) in [5, 5.41) is 17.2. The first-order chi connectivity index (χ1) is 18.9. The average molecular weight is 546 g/mol. The largest absolute Gasteiger partial charge is 0.404 e. The maximum atomic E-state index is 13.0. The molecule has 11 nitrogen and oxygen atoms in total. The molecule has 6 N–H and O–H groups in total. The van der Waals surface area contributed by atoms with Crippen LogP contribution in [0.4, 0.5) is 28.8 Å². The maximum Gasteiger partial charge on any atom is 0.256 e. The lowest BCUT2D eigenvalue weighted by molar-refractivity contribution is -0.126. The molecule has 2 aromatic heterocycles. The fourth-order valence-electron chi connectivity index (χ4n) is 4.76. The van der Waals surface area contributed by atoms with Crippen molar-refractivity contribution in [2.45, 2.75) is 25.7 Å². The van der Waals surface area contributed by atoms with Crippen LogP contribution in [0.15, 0.2) is 54.6 Å². The van der Waals surface area contributed by atoms with Crippen LogP contribution >= 0.6 is 11.6 Å². The summed E-state index contributed by atoms with van der Waals surface area (Å²) in [6.07, 6.45) is 9.51. The predicted molar refractivity (Wildman–Crippen MR) is 151 cm³/mol. The number of amides is 2. The molecule has 4 heterocycles. The fourth-order valence-corrected chi connectivity index (χ4v) is 4.90. The lowest BCUT2D eigenvalue weighted by atomic mass is 10.0. The second-order valence-corrected chi connectivity index (χ2v) is 9.93. The number of nitrogens with zero attached hydrogens (tertiary/aromatic N) is 4. The van der Waals surface area contributed by atoms with Crippen LogP contribution in [0.3, 0.4) is 0 Å². The number of rotatable bonds is 5. The van der Waals surface area contributed by atoms with Crippen molar-refractivity contribution in [3.05, 3.63) is 70.8 Å². The summed E-state index contributed by atoms with van der Waals surface area (Å²) in [4.78, 5) is 40.2. The van der Waals surface area contributed by atoms with E-state index in [0.717, 1.165) is 40.6 Å². The number of fused-ring (bicyclic) bond motifs is 6. The summed E-state index contributed by atoms with van der Waals surface area (Å²) in [7, 11) is 0. The molecule has 0 unspecified atom stereocenters. The van der Waals surface area contributed by atoms with E-state index in [1.165, 1.54) is 6.20 Å². The number of carbonyl (C=O) groups excluding carboxylic acids is 2. The number of aryl methyl sites for hydroxylation is 2. The van der Waals surface area contributed by atoms with E-state index < -0.39 is 0 Å². The zero-order valence-electron chi connectivity index (χ0n) is 21.1. The van der Waals surface area contributed by atoms with Crippen LogP contribution < -0.4 is 21.7 Å². The van der Waals surface area contributed by atoms with Crippen LogP contribution in [0.25, 0.3) is 0 Å². The Kier molecular flexibility index (Phi) is 7.69. The first kappa shape index (κ1) is 26.1. The summed E-state index contributed by atoms with van der Waals surface area (Å²) < 4.78 is 0. The van der Waals surface area contributed by atoms with Gasteiger partial charge in [0.15, 0.2) is 5.82 Å². The molecule has 5 rings (SSSR count). The summed E-state index contributed by atoms with van der Waals surface area (Å²) in [6.45, 7) is 0.981. The van der Waals surface area contributed by atoms with Crippen molar-refractivity contribution in [2.75, 3.05) is 29.0 Å². The summed E-state index contributed by atoms with van der Waals surface area (Å²) in [5.74, 6) is 0.474. The highest BCUT2D eigenvalue weighted by Crippen LogP contribution is 2.30. The molecule has 1 fully saturated rings. The molecule has 6 bridgehead atoms. The second-order valence-electron chi connectivity index (χ2n) is 9.52. The summed E-state index contributed by atoms with van der Waals surface area (Å²) in [5.41, 5.74) is 9.83. The van der Waals surface area contributed by atoms with Gasteiger partial charge in [-0.25, -0.2) is 4.98 Å². The van der Waals surface area contributed by atoms with Crippen molar-refractivity contribution in [1.29, 1.82) is 5.41 Å². The molecule has 1 atom stereocenters. The lowest BCUT2D eigenvalue weighted by Crippen LogP contribution is -2.31. The SMILES string of the molecule is N=C/C(=C\N)C(=O)N1CC[C@@H](CC(=O)Nc2ccc3cc2CCc2cncc(c2)Nc2ncc(Cl)c(n2)N3)C1. The molecule has 3 aromatic rings. The first-order valence-electron chi connectivity index (χ1n) is 12.6. The Morgan fingerprint density at radius 3 is 2.87 bits per heavy atom. The third kappa shape index (κ3) is 6.15. The van der Waals surface area contributed by atoms with Gasteiger partial charge in [0.05, 0.1) is 23.7 Å². The number of likely N-dealkylation sites (tertiary alicyclic amines) is 1. The number of anilines is 5. The molecule has 0 aliphatic carbocycles. The minimum Gasteiger partial charge on any atom is -0.404 e. The number of benzene rings is 1. The van der Waals surface area contributed by atoms with Gasteiger partial charge in [0.2, 0.25) is 11.9 Å². The zero-order chi connectivity index (χ0) is 27.4. The van der Waals surface area contributed by atoms with Gasteiger partial charge in [-0.15, -0.1) is 0 Å². The number of nitrogens with two attached hydrogens (primary N) is 1. The van der Waals surface area contributed by atoms with Gasteiger partial charge >= 0.3 is 0 Å². The molecular weight excluding hydrogens is 518 g/mol. The Bertz CT molecular complexity index is 1460. The summed E-state index contributed by atoms with van der Waals surface area (Å²) >= 11 is 6.35. The van der Waals surface area contributed by atoms with E-state index >= 15 is 0 Å². The molecule has 12 heteroatoms. The topological polar surface area (TPSA) is 162 Å². The molecule has 200 valence electrons. The molecule has 2 aliphatic rings. The Hall–Kier alpha value is -4.51. The molecule has 0 spiro atoms. The summed E-state index contributed by atoms with van der Waals surface area (Å²) in [6, 6.07) is 7.70. The van der Waals surface area contributed by atoms with Gasteiger partial charge in [-0.3, -0.25) is 14.6 Å². The molecule has 1 saturated heterocycles. The van der Waals surface area contributed by atoms with Crippen molar-refractivity contribution in [3.63, 3.8) is 0 Å². The van der Waals surface area contributed by atoms with Crippen molar-refractivity contribution in [2.24, 2.45) is 11.7 Å². The van der Waals surface area contributed by atoms with E-state index in [1.54, 1.807) is 11.1 Å². The zero-order valence-corrected chi connectivity index (χ0v) is 21.8. The van der Waals surface area contributed by atoms with Gasteiger partial charge in [0.1, 0.15) is 5.02 Å². The molecule has 1 aromatic carbocycles. The highest BCUT2D eigenvalue weighted by Gasteiger charge is 2.29. The Morgan fingerprint density at radius 2 is 2.05 bits per heavy atom. The van der Waals surface area contributed by atoms with Crippen molar-refractivity contribution in [1.82, 2.24) is 19.9 Å². The minimum atomic E-state index is -0.283. The Labute approximate surface area is 230 Å². The highest BCUT2D eigenvalue weighted by molar-refractivity contribution is 6.32. The molecule has 2 aliphatic heterocycles. The van der Waals surface area contributed by atoms with Gasteiger partial charge in [0, 0.05) is 49.5 Å². The maximum absolute atomic E-state index is 13.0. The Balaban J connectivity index is 1.33. The number of carbonyl (C=O) groups is 2. The van der Waals surface area contributed by atoms with E-state index in [0.29, 0.717) is 49.1 Å². The van der Waals surface area contributed by atoms with Crippen LogP contribution in [0.2, 0.25) is 5.02 Å². The third-order valence-corrected chi connectivity index (χ3v) is 7.03. The second kappa shape index (κ2) is 11.5. The predicted octanol–water partition coefficient (Wildman–Crippen LogP) is 3.78. The number of halogens is 1. The smallest absolute Gasteiger partial charge is 0.256 e. The van der Waals surface area contributed by atoms with Gasteiger partial charge in [-0.1, -0.05) is 11.6 Å². The van der Waals surface area contributed by atoms with Gasteiger partial charge in [-0.2, -0.15) is 4.98 Å². The van der Waals surface area contributed by atoms with Gasteiger partial charge in [0.25, 0.3) is 5.91 Å². The van der Waals surface area contributed by atoms with Crippen LogP contribution in [-0.2, 0) is 22.4 Å². The number of hydrogen-bond donors (Lipinski definition) is 5. The van der Waals surface area contributed by atoms with Crippen LogP contribution in [-0.4, -0.2) is 51.0 Å². The van der Waals surface area contributed by atoms with Crippen LogP contribution in [0.5, 0.6) is 0 Å². The van der Waals surface area contributed by atoms with Gasteiger partial charge in [-0.05, 0) is 60.6 Å². The van der Waals surface area contributed by atoms with Crippen LogP contribution in [0, 0.1) is 11.3 Å². The molecule has 0 radical (unpaired) electrons. The number of pyridine rings is 1. The van der Waals surface area contributed by atoms with E-state index in [1.807, 2.05) is 30.5 Å². The van der Waals surface area contributed by atoms with Gasteiger partial charge < -0.3 is 32.0 Å². The fraction of sp³-hybridized carbons (Fsp3) is 0.259. The number of nitrogens with one attached hydrogen (secondary N) is 4. The van der Waals surface area contributed by atoms with E-state index in [2.05, 4.69) is 30.9 Å². The quantitative estimate of drug-likeness (QED) is 0.239. The van der Waals surface area contributed by atoms with E-state index in [9.17, 15) is 9.59 Å². The molecule has 39 heavy (non-hydrogen) atoms. The molecule has 0 saturated carbocycles.